The van der Waals surface area contributed by atoms with Gasteiger partial charge >= 0.3 is 12.3 Å². The van der Waals surface area contributed by atoms with Gasteiger partial charge in [0.15, 0.2) is 0 Å². The van der Waals surface area contributed by atoms with Crippen LogP contribution in [0.1, 0.15) is 5.56 Å². The Labute approximate surface area is 110 Å². The number of halogens is 5. The van der Waals surface area contributed by atoms with Gasteiger partial charge in [-0.2, -0.15) is 8.78 Å². The van der Waals surface area contributed by atoms with Gasteiger partial charge in [-0.3, -0.25) is 0 Å². The Bertz CT molecular complexity index is 399. The summed E-state index contributed by atoms with van der Waals surface area (Å²) in [6.45, 7) is -1.56. The molecule has 0 aliphatic carbocycles. The molecule has 0 aromatic heterocycles. The molecular formula is C11H11BrF4O2. The number of methoxy groups -OCH3 is 1. The van der Waals surface area contributed by atoms with Crippen molar-refractivity contribution >= 4 is 15.9 Å². The molecule has 18 heavy (non-hydrogen) atoms. The highest BCUT2D eigenvalue weighted by molar-refractivity contribution is 9.10. The third kappa shape index (κ3) is 4.13. The quantitative estimate of drug-likeness (QED) is 0.737. The maximum atomic E-state index is 12.6. The summed E-state index contributed by atoms with van der Waals surface area (Å²) in [5.41, 5.74) is 0.497. The van der Waals surface area contributed by atoms with E-state index in [1.54, 1.807) is 18.2 Å². The van der Waals surface area contributed by atoms with Gasteiger partial charge in [0, 0.05) is 10.0 Å². The molecule has 102 valence electrons. The molecule has 0 atom stereocenters. The van der Waals surface area contributed by atoms with E-state index < -0.39 is 19.0 Å². The summed E-state index contributed by atoms with van der Waals surface area (Å²) in [5.74, 6) is -3.70. The topological polar surface area (TPSA) is 18.5 Å². The van der Waals surface area contributed by atoms with Crippen LogP contribution >= 0.6 is 15.9 Å². The Hall–Kier alpha value is -0.820. The smallest absolute Gasteiger partial charge is 0.330 e. The fourth-order valence-electron chi connectivity index (χ4n) is 1.22. The lowest BCUT2D eigenvalue weighted by Gasteiger charge is -2.16. The van der Waals surface area contributed by atoms with Gasteiger partial charge in [-0.25, -0.2) is 8.78 Å². The second-order valence-electron chi connectivity index (χ2n) is 3.51. The van der Waals surface area contributed by atoms with Crippen LogP contribution in [-0.4, -0.2) is 26.1 Å². The van der Waals surface area contributed by atoms with Crippen molar-refractivity contribution in [2.45, 2.75) is 19.0 Å². The monoisotopic (exact) mass is 330 g/mol. The molecule has 2 nitrogen and oxygen atoms in total. The SMILES string of the molecule is COc1ccc(Br)cc1COCC(F)(F)C(F)F. The molecule has 0 aliphatic rings. The minimum Gasteiger partial charge on any atom is -0.496 e. The van der Waals surface area contributed by atoms with E-state index in [9.17, 15) is 17.6 Å². The molecule has 1 rings (SSSR count). The second-order valence-corrected chi connectivity index (χ2v) is 4.43. The van der Waals surface area contributed by atoms with Crippen LogP contribution < -0.4 is 4.74 Å². The van der Waals surface area contributed by atoms with Crippen molar-refractivity contribution in [1.82, 2.24) is 0 Å². The molecule has 7 heteroatoms. The second kappa shape index (κ2) is 6.38. The van der Waals surface area contributed by atoms with E-state index in [1.807, 2.05) is 0 Å². The van der Waals surface area contributed by atoms with E-state index in [0.717, 1.165) is 0 Å². The predicted octanol–water partition coefficient (Wildman–Crippen LogP) is 3.87. The molecule has 1 aromatic carbocycles. The van der Waals surface area contributed by atoms with Gasteiger partial charge in [0.1, 0.15) is 12.4 Å². The molecule has 0 bridgehead atoms. The van der Waals surface area contributed by atoms with Crippen molar-refractivity contribution in [3.63, 3.8) is 0 Å². The summed E-state index contributed by atoms with van der Waals surface area (Å²) in [6.07, 6.45) is -3.73. The van der Waals surface area contributed by atoms with Crippen LogP contribution in [0.3, 0.4) is 0 Å². The van der Waals surface area contributed by atoms with Gasteiger partial charge in [-0.05, 0) is 18.2 Å². The minimum absolute atomic E-state index is 0.231. The number of ether oxygens (including phenoxy) is 2. The average Bonchev–Trinajstić information content (AvgIpc) is 2.29. The van der Waals surface area contributed by atoms with E-state index in [4.69, 9.17) is 4.74 Å². The zero-order valence-electron chi connectivity index (χ0n) is 9.43. The van der Waals surface area contributed by atoms with E-state index in [2.05, 4.69) is 20.7 Å². The zero-order chi connectivity index (χ0) is 13.8. The standard InChI is InChI=1S/C11H11BrF4O2/c1-17-9-3-2-8(12)4-7(9)5-18-6-11(15,16)10(13)14/h2-4,10H,5-6H2,1H3. The summed E-state index contributed by atoms with van der Waals surface area (Å²) in [5, 5.41) is 0. The molecule has 0 spiro atoms. The largest absolute Gasteiger partial charge is 0.496 e. The Kier molecular flexibility index (Phi) is 5.40. The van der Waals surface area contributed by atoms with Crippen LogP contribution in [0.5, 0.6) is 5.75 Å². The lowest BCUT2D eigenvalue weighted by Crippen LogP contribution is -2.32. The molecule has 0 radical (unpaired) electrons. The van der Waals surface area contributed by atoms with Crippen LogP contribution in [-0.2, 0) is 11.3 Å². The van der Waals surface area contributed by atoms with Crippen molar-refractivity contribution < 1.29 is 27.0 Å². The Morgan fingerprint density at radius 1 is 1.33 bits per heavy atom. The third-order valence-electron chi connectivity index (χ3n) is 2.11. The van der Waals surface area contributed by atoms with Crippen LogP contribution in [0.15, 0.2) is 22.7 Å². The maximum absolute atomic E-state index is 12.6. The molecule has 0 saturated carbocycles. The van der Waals surface area contributed by atoms with E-state index >= 15 is 0 Å². The van der Waals surface area contributed by atoms with E-state index in [-0.39, 0.29) is 6.61 Å². The summed E-state index contributed by atoms with van der Waals surface area (Å²) in [4.78, 5) is 0. The number of alkyl halides is 4. The van der Waals surface area contributed by atoms with Gasteiger partial charge < -0.3 is 9.47 Å². The first-order valence-electron chi connectivity index (χ1n) is 4.93. The number of hydrogen-bond acceptors (Lipinski definition) is 2. The molecule has 0 aliphatic heterocycles. The molecule has 0 heterocycles. The summed E-state index contributed by atoms with van der Waals surface area (Å²) in [6, 6.07) is 4.93. The average molecular weight is 331 g/mol. The predicted molar refractivity (Wildman–Crippen MR) is 61.3 cm³/mol. The van der Waals surface area contributed by atoms with Crippen molar-refractivity contribution in [2.75, 3.05) is 13.7 Å². The molecular weight excluding hydrogens is 320 g/mol. The summed E-state index contributed by atoms with van der Waals surface area (Å²) < 4.78 is 59.3. The fraction of sp³-hybridized carbons (Fsp3) is 0.455. The highest BCUT2D eigenvalue weighted by Gasteiger charge is 2.40. The van der Waals surface area contributed by atoms with Crippen molar-refractivity contribution in [3.8, 4) is 5.75 Å². The lowest BCUT2D eigenvalue weighted by molar-refractivity contribution is -0.168. The molecule has 0 N–H and O–H groups in total. The molecule has 0 amide bonds. The van der Waals surface area contributed by atoms with Crippen molar-refractivity contribution in [1.29, 1.82) is 0 Å². The summed E-state index contributed by atoms with van der Waals surface area (Å²) in [7, 11) is 1.42. The minimum atomic E-state index is -4.14. The molecule has 1 aromatic rings. The Morgan fingerprint density at radius 3 is 2.56 bits per heavy atom. The molecule has 0 saturated heterocycles. The van der Waals surface area contributed by atoms with Crippen LogP contribution in [0.2, 0.25) is 0 Å². The van der Waals surface area contributed by atoms with E-state index in [1.165, 1.54) is 7.11 Å². The van der Waals surface area contributed by atoms with Crippen LogP contribution in [0, 0.1) is 0 Å². The normalized spacial score (nSPS) is 11.9. The van der Waals surface area contributed by atoms with Gasteiger partial charge in [0.25, 0.3) is 0 Å². The molecule has 0 fully saturated rings. The molecule has 0 unspecified atom stereocenters. The third-order valence-corrected chi connectivity index (χ3v) is 2.61. The van der Waals surface area contributed by atoms with Crippen molar-refractivity contribution in [2.24, 2.45) is 0 Å². The number of hydrogen-bond donors (Lipinski definition) is 0. The zero-order valence-corrected chi connectivity index (χ0v) is 11.0. The fourth-order valence-corrected chi connectivity index (χ4v) is 1.63. The number of benzene rings is 1. The van der Waals surface area contributed by atoms with Gasteiger partial charge in [0.2, 0.25) is 0 Å². The van der Waals surface area contributed by atoms with Gasteiger partial charge in [-0.15, -0.1) is 0 Å². The highest BCUT2D eigenvalue weighted by atomic mass is 79.9. The van der Waals surface area contributed by atoms with Crippen LogP contribution in [0.25, 0.3) is 0 Å². The maximum Gasteiger partial charge on any atom is 0.330 e. The first-order valence-corrected chi connectivity index (χ1v) is 5.72. The Balaban J connectivity index is 2.61. The van der Waals surface area contributed by atoms with Crippen molar-refractivity contribution in [3.05, 3.63) is 28.2 Å². The lowest BCUT2D eigenvalue weighted by atomic mass is 10.2. The summed E-state index contributed by atoms with van der Waals surface area (Å²) >= 11 is 3.20. The van der Waals surface area contributed by atoms with Gasteiger partial charge in [0.05, 0.1) is 13.7 Å². The first kappa shape index (κ1) is 15.2. The highest BCUT2D eigenvalue weighted by Crippen LogP contribution is 2.26. The Morgan fingerprint density at radius 2 is 2.00 bits per heavy atom. The van der Waals surface area contributed by atoms with Crippen LogP contribution in [0.4, 0.5) is 17.6 Å². The number of rotatable bonds is 6. The van der Waals surface area contributed by atoms with Gasteiger partial charge in [-0.1, -0.05) is 15.9 Å². The first-order chi connectivity index (χ1) is 8.36. The van der Waals surface area contributed by atoms with E-state index in [0.29, 0.717) is 15.8 Å².